The minimum absolute atomic E-state index is 0.304. The molecule has 9 nitrogen and oxygen atoms in total. The van der Waals surface area contributed by atoms with Gasteiger partial charge in [0.2, 0.25) is 0 Å². The first kappa shape index (κ1) is 24.1. The van der Waals surface area contributed by atoms with Gasteiger partial charge >= 0.3 is 11.9 Å². The second-order valence-corrected chi connectivity index (χ2v) is 6.63. The third-order valence-electron chi connectivity index (χ3n) is 3.86. The molecule has 9 heteroatoms. The highest BCUT2D eigenvalue weighted by atomic mass is 16.5. The molecule has 0 amide bonds. The van der Waals surface area contributed by atoms with Gasteiger partial charge in [0.15, 0.2) is 0 Å². The zero-order valence-electron chi connectivity index (χ0n) is 16.7. The molecule has 4 N–H and O–H groups in total. The Kier molecular flexibility index (Phi) is 11.1. The Morgan fingerprint density at radius 1 is 1.21 bits per heavy atom. The topological polar surface area (TPSA) is 134 Å². The van der Waals surface area contributed by atoms with E-state index in [9.17, 15) is 5.11 Å². The number of benzene rings is 1. The number of aryl methyl sites for hydroxylation is 1. The van der Waals surface area contributed by atoms with E-state index in [0.29, 0.717) is 19.1 Å². The molecule has 0 aliphatic heterocycles. The number of hydrogen-bond donors (Lipinski definition) is 4. The van der Waals surface area contributed by atoms with Crippen LogP contribution in [0.3, 0.4) is 0 Å². The number of aromatic nitrogens is 2. The van der Waals surface area contributed by atoms with Gasteiger partial charge in [-0.3, -0.25) is 0 Å². The first-order chi connectivity index (χ1) is 13.8. The van der Waals surface area contributed by atoms with Gasteiger partial charge in [0.1, 0.15) is 18.5 Å². The van der Waals surface area contributed by atoms with Crippen molar-refractivity contribution < 1.29 is 29.6 Å². The Morgan fingerprint density at radius 2 is 1.90 bits per heavy atom. The molecule has 1 unspecified atom stereocenters. The van der Waals surface area contributed by atoms with Gasteiger partial charge < -0.3 is 29.9 Å². The van der Waals surface area contributed by atoms with E-state index >= 15 is 0 Å². The molecule has 0 spiro atoms. The van der Waals surface area contributed by atoms with E-state index in [1.54, 1.807) is 6.20 Å². The molecule has 2 rings (SSSR count). The van der Waals surface area contributed by atoms with Crippen LogP contribution in [0.5, 0.6) is 5.75 Å². The number of imidazole rings is 1. The summed E-state index contributed by atoms with van der Waals surface area (Å²) in [6, 6.07) is 8.00. The highest BCUT2D eigenvalue weighted by molar-refractivity contribution is 6.27. The number of rotatable bonds is 10. The summed E-state index contributed by atoms with van der Waals surface area (Å²) in [6.07, 6.45) is 6.04. The second-order valence-electron chi connectivity index (χ2n) is 6.63. The maximum absolute atomic E-state index is 10.0. The third-order valence-corrected chi connectivity index (χ3v) is 3.86. The Morgan fingerprint density at radius 3 is 2.48 bits per heavy atom. The zero-order valence-corrected chi connectivity index (χ0v) is 16.7. The molecule has 0 radical (unpaired) electrons. The van der Waals surface area contributed by atoms with E-state index in [1.807, 2.05) is 35.3 Å². The van der Waals surface area contributed by atoms with E-state index in [2.05, 4.69) is 30.2 Å². The van der Waals surface area contributed by atoms with Gasteiger partial charge in [-0.15, -0.1) is 0 Å². The highest BCUT2D eigenvalue weighted by Gasteiger charge is 2.09. The van der Waals surface area contributed by atoms with Crippen molar-refractivity contribution in [1.29, 1.82) is 0 Å². The summed E-state index contributed by atoms with van der Waals surface area (Å²) >= 11 is 0. The molecular formula is C20H29N3O6. The van der Waals surface area contributed by atoms with E-state index in [0.717, 1.165) is 25.3 Å². The van der Waals surface area contributed by atoms with Crippen molar-refractivity contribution in [2.24, 2.45) is 0 Å². The number of ether oxygens (including phenoxy) is 1. The SMILES string of the molecule is CC(C)c1ccccc1OCC(O)CNCCCn1ccnc1.O=C(O)C(=O)O. The van der Waals surface area contributed by atoms with Crippen LogP contribution in [-0.2, 0) is 16.1 Å². The van der Waals surface area contributed by atoms with Gasteiger partial charge in [-0.05, 0) is 30.5 Å². The maximum atomic E-state index is 10.0. The third kappa shape index (κ3) is 10.3. The molecule has 0 aliphatic carbocycles. The fraction of sp³-hybridized carbons (Fsp3) is 0.450. The summed E-state index contributed by atoms with van der Waals surface area (Å²) in [6.45, 7) is 6.91. The Hall–Kier alpha value is -2.91. The minimum Gasteiger partial charge on any atom is -0.491 e. The molecule has 0 bridgehead atoms. The molecule has 160 valence electrons. The normalized spacial score (nSPS) is 11.4. The van der Waals surface area contributed by atoms with Gasteiger partial charge in [-0.2, -0.15) is 0 Å². The Bertz CT molecular complexity index is 722. The average Bonchev–Trinajstić information content (AvgIpc) is 3.20. The number of nitrogens with zero attached hydrogens (tertiary/aromatic N) is 2. The number of carboxylic acids is 2. The summed E-state index contributed by atoms with van der Waals surface area (Å²) in [4.78, 5) is 22.2. The van der Waals surface area contributed by atoms with Crippen LogP contribution in [0.15, 0.2) is 43.0 Å². The van der Waals surface area contributed by atoms with E-state index in [4.69, 9.17) is 24.5 Å². The van der Waals surface area contributed by atoms with E-state index in [1.165, 1.54) is 5.56 Å². The number of carbonyl (C=O) groups is 2. The lowest BCUT2D eigenvalue weighted by atomic mass is 10.0. The fourth-order valence-corrected chi connectivity index (χ4v) is 2.41. The second kappa shape index (κ2) is 13.3. The number of hydrogen-bond acceptors (Lipinski definition) is 6. The van der Waals surface area contributed by atoms with Crippen molar-refractivity contribution in [1.82, 2.24) is 14.9 Å². The zero-order chi connectivity index (χ0) is 21.6. The molecule has 1 heterocycles. The summed E-state index contributed by atoms with van der Waals surface area (Å²) in [5.41, 5.74) is 1.17. The van der Waals surface area contributed by atoms with Crippen LogP contribution < -0.4 is 10.1 Å². The van der Waals surface area contributed by atoms with E-state index < -0.39 is 18.0 Å². The van der Waals surface area contributed by atoms with Crippen LogP contribution in [-0.4, -0.2) is 62.6 Å². The largest absolute Gasteiger partial charge is 0.491 e. The van der Waals surface area contributed by atoms with Crippen LogP contribution >= 0.6 is 0 Å². The predicted octanol–water partition coefficient (Wildman–Crippen LogP) is 1.58. The molecule has 2 aromatic rings. The predicted molar refractivity (Wildman–Crippen MR) is 107 cm³/mol. The van der Waals surface area contributed by atoms with Crippen LogP contribution in [0.2, 0.25) is 0 Å². The first-order valence-electron chi connectivity index (χ1n) is 9.33. The molecule has 1 aromatic carbocycles. The monoisotopic (exact) mass is 407 g/mol. The van der Waals surface area contributed by atoms with Crippen molar-refractivity contribution in [3.63, 3.8) is 0 Å². The molecule has 0 saturated heterocycles. The lowest BCUT2D eigenvalue weighted by Gasteiger charge is -2.17. The highest BCUT2D eigenvalue weighted by Crippen LogP contribution is 2.25. The lowest BCUT2D eigenvalue weighted by Crippen LogP contribution is -2.32. The number of aliphatic hydroxyl groups is 1. The number of carboxylic acid groups (broad SMARTS) is 2. The smallest absolute Gasteiger partial charge is 0.414 e. The van der Waals surface area contributed by atoms with E-state index in [-0.39, 0.29) is 0 Å². The van der Waals surface area contributed by atoms with Crippen LogP contribution in [0.25, 0.3) is 0 Å². The maximum Gasteiger partial charge on any atom is 0.414 e. The van der Waals surface area contributed by atoms with Crippen molar-refractivity contribution in [3.8, 4) is 5.75 Å². The molecular weight excluding hydrogens is 378 g/mol. The number of nitrogens with one attached hydrogen (secondary N) is 1. The van der Waals surface area contributed by atoms with Crippen LogP contribution in [0.4, 0.5) is 0 Å². The molecule has 29 heavy (non-hydrogen) atoms. The van der Waals surface area contributed by atoms with Crippen LogP contribution in [0, 0.1) is 0 Å². The number of aliphatic carboxylic acids is 2. The van der Waals surface area contributed by atoms with Crippen molar-refractivity contribution >= 4 is 11.9 Å². The molecule has 0 fully saturated rings. The molecule has 1 aromatic heterocycles. The molecule has 0 aliphatic rings. The van der Waals surface area contributed by atoms with Gasteiger partial charge in [-0.1, -0.05) is 32.0 Å². The number of aliphatic hydroxyl groups excluding tert-OH is 1. The van der Waals surface area contributed by atoms with Crippen molar-refractivity contribution in [2.45, 2.75) is 38.8 Å². The summed E-state index contributed by atoms with van der Waals surface area (Å²) in [7, 11) is 0. The summed E-state index contributed by atoms with van der Waals surface area (Å²) < 4.78 is 7.82. The molecule has 1 atom stereocenters. The van der Waals surface area contributed by atoms with Gasteiger partial charge in [0, 0.05) is 25.5 Å². The van der Waals surface area contributed by atoms with Gasteiger partial charge in [0.25, 0.3) is 0 Å². The average molecular weight is 407 g/mol. The standard InChI is InChI=1S/C18H27N3O2.C2H2O4/c1-15(2)17-6-3-4-7-18(17)23-13-16(22)12-19-8-5-10-21-11-9-20-14-21;3-1(4)2(5)6/h3-4,6-7,9,11,14-16,19,22H,5,8,10,12-13H2,1-2H3;(H,3,4)(H,5,6). The van der Waals surface area contributed by atoms with Crippen LogP contribution in [0.1, 0.15) is 31.7 Å². The van der Waals surface area contributed by atoms with Gasteiger partial charge in [0.05, 0.1) is 6.33 Å². The Labute approximate surface area is 170 Å². The van der Waals surface area contributed by atoms with Gasteiger partial charge in [-0.25, -0.2) is 14.6 Å². The molecule has 0 saturated carbocycles. The minimum atomic E-state index is -1.82. The first-order valence-corrected chi connectivity index (χ1v) is 9.33. The van der Waals surface area contributed by atoms with Crippen molar-refractivity contribution in [2.75, 3.05) is 19.7 Å². The number of para-hydroxylation sites is 1. The van der Waals surface area contributed by atoms with Crippen molar-refractivity contribution in [3.05, 3.63) is 48.5 Å². The summed E-state index contributed by atoms with van der Waals surface area (Å²) in [5, 5.41) is 28.1. The Balaban J connectivity index is 0.000000612. The summed E-state index contributed by atoms with van der Waals surface area (Å²) in [5.74, 6) is -2.38. The fourth-order valence-electron chi connectivity index (χ4n) is 2.41. The quantitative estimate of drug-likeness (QED) is 0.345. The lowest BCUT2D eigenvalue weighted by molar-refractivity contribution is -0.159.